The molecule has 0 saturated heterocycles. The summed E-state index contributed by atoms with van der Waals surface area (Å²) in [5.41, 5.74) is 3.65. The lowest BCUT2D eigenvalue weighted by Crippen LogP contribution is -2.45. The van der Waals surface area contributed by atoms with Gasteiger partial charge in [-0.3, -0.25) is 0 Å². The minimum absolute atomic E-state index is 0.264. The molecule has 0 fully saturated rings. The average molecular weight is 469 g/mol. The molecule has 2 aromatic carbocycles. The van der Waals surface area contributed by atoms with Gasteiger partial charge in [0.2, 0.25) is 5.82 Å². The first-order chi connectivity index (χ1) is 15.0. The van der Waals surface area contributed by atoms with Crippen LogP contribution in [0.25, 0.3) is 17.0 Å². The smallest absolute Gasteiger partial charge is 0.258 e. The first-order valence-corrected chi connectivity index (χ1v) is 11.7. The Bertz CT molecular complexity index is 1160. The molecular weight excluding hydrogens is 448 g/mol. The molecule has 1 aromatic heterocycles. The van der Waals surface area contributed by atoms with Crippen molar-refractivity contribution in [1.82, 2.24) is 20.4 Å². The Morgan fingerprint density at radius 1 is 1.29 bits per heavy atom. The number of allylic oxidation sites excluding steroid dienone is 1. The topological polar surface area (TPSA) is 54.2 Å². The van der Waals surface area contributed by atoms with E-state index >= 15 is 0 Å². The van der Waals surface area contributed by atoms with Crippen molar-refractivity contribution in [2.75, 3.05) is 12.8 Å². The SMILES string of the molecule is C=CCN1C(=S)NC(c2cccc(Cl)c2)C(c2nc(-c3ccc(SC)cc3)no2)=C1C. The number of halogens is 1. The summed E-state index contributed by atoms with van der Waals surface area (Å²) in [4.78, 5) is 7.86. The molecule has 1 aliphatic heterocycles. The highest BCUT2D eigenvalue weighted by molar-refractivity contribution is 7.98. The Hall–Kier alpha value is -2.61. The molecule has 0 amide bonds. The number of nitrogens with zero attached hydrogens (tertiary/aromatic N) is 3. The lowest BCUT2D eigenvalue weighted by atomic mass is 9.95. The summed E-state index contributed by atoms with van der Waals surface area (Å²) >= 11 is 13.6. The zero-order valence-corrected chi connectivity index (χ0v) is 19.5. The van der Waals surface area contributed by atoms with Crippen molar-refractivity contribution in [3.8, 4) is 11.4 Å². The predicted octanol–water partition coefficient (Wildman–Crippen LogP) is 5.96. The van der Waals surface area contributed by atoms with E-state index in [1.807, 2.05) is 66.6 Å². The summed E-state index contributed by atoms with van der Waals surface area (Å²) < 4.78 is 5.74. The van der Waals surface area contributed by atoms with Gasteiger partial charge >= 0.3 is 0 Å². The maximum atomic E-state index is 6.26. The molecule has 1 N–H and O–H groups in total. The van der Waals surface area contributed by atoms with Gasteiger partial charge in [-0.05, 0) is 67.4 Å². The van der Waals surface area contributed by atoms with Crippen molar-refractivity contribution in [3.05, 3.63) is 83.4 Å². The molecule has 0 aliphatic carbocycles. The van der Waals surface area contributed by atoms with E-state index in [1.165, 1.54) is 4.90 Å². The molecule has 3 aromatic rings. The van der Waals surface area contributed by atoms with Gasteiger partial charge in [0, 0.05) is 27.7 Å². The number of rotatable bonds is 6. The van der Waals surface area contributed by atoms with Gasteiger partial charge in [-0.2, -0.15) is 4.98 Å². The van der Waals surface area contributed by atoms with Crippen LogP contribution in [0.2, 0.25) is 5.02 Å². The molecule has 158 valence electrons. The molecule has 0 bridgehead atoms. The van der Waals surface area contributed by atoms with Crippen LogP contribution in [0.5, 0.6) is 0 Å². The maximum absolute atomic E-state index is 6.26. The number of hydrogen-bond acceptors (Lipinski definition) is 5. The third kappa shape index (κ3) is 4.39. The summed E-state index contributed by atoms with van der Waals surface area (Å²) in [5.74, 6) is 0.978. The van der Waals surface area contributed by atoms with Gasteiger partial charge in [0.25, 0.3) is 5.89 Å². The van der Waals surface area contributed by atoms with Crippen molar-refractivity contribution < 1.29 is 4.52 Å². The third-order valence-corrected chi connectivity index (χ3v) is 6.41. The van der Waals surface area contributed by atoms with Gasteiger partial charge in [-0.1, -0.05) is 35.0 Å². The lowest BCUT2D eigenvalue weighted by molar-refractivity contribution is 0.399. The van der Waals surface area contributed by atoms with Crippen LogP contribution in [-0.2, 0) is 0 Å². The van der Waals surface area contributed by atoms with E-state index in [4.69, 9.17) is 33.3 Å². The van der Waals surface area contributed by atoms with E-state index < -0.39 is 0 Å². The molecule has 31 heavy (non-hydrogen) atoms. The van der Waals surface area contributed by atoms with Crippen LogP contribution < -0.4 is 5.32 Å². The third-order valence-electron chi connectivity index (χ3n) is 5.09. The van der Waals surface area contributed by atoms with Crippen molar-refractivity contribution in [2.24, 2.45) is 0 Å². The number of aromatic nitrogens is 2. The minimum atomic E-state index is -0.264. The van der Waals surface area contributed by atoms with Gasteiger partial charge in [0.1, 0.15) is 0 Å². The molecule has 2 heterocycles. The molecule has 1 aliphatic rings. The van der Waals surface area contributed by atoms with Crippen LogP contribution in [0, 0.1) is 0 Å². The second-order valence-corrected chi connectivity index (χ2v) is 8.69. The summed E-state index contributed by atoms with van der Waals surface area (Å²) in [5, 5.41) is 8.89. The van der Waals surface area contributed by atoms with Crippen molar-refractivity contribution in [3.63, 3.8) is 0 Å². The Morgan fingerprint density at radius 3 is 2.74 bits per heavy atom. The fourth-order valence-corrected chi connectivity index (χ4v) is 4.47. The number of thiocarbonyl (C=S) groups is 1. The van der Waals surface area contributed by atoms with Crippen molar-refractivity contribution in [1.29, 1.82) is 0 Å². The number of nitrogens with one attached hydrogen (secondary N) is 1. The Kier molecular flexibility index (Phi) is 6.46. The van der Waals surface area contributed by atoms with Crippen LogP contribution in [0.15, 0.2) is 76.3 Å². The van der Waals surface area contributed by atoms with E-state index in [0.717, 1.165) is 22.4 Å². The molecule has 8 heteroatoms. The summed E-state index contributed by atoms with van der Waals surface area (Å²) in [6.07, 6.45) is 3.85. The van der Waals surface area contributed by atoms with Gasteiger partial charge in [0.15, 0.2) is 5.11 Å². The van der Waals surface area contributed by atoms with Gasteiger partial charge in [-0.25, -0.2) is 0 Å². The fourth-order valence-electron chi connectivity index (χ4n) is 3.53. The monoisotopic (exact) mass is 468 g/mol. The largest absolute Gasteiger partial charge is 0.351 e. The van der Waals surface area contributed by atoms with Crippen LogP contribution in [0.1, 0.15) is 24.4 Å². The van der Waals surface area contributed by atoms with Crippen LogP contribution in [-0.4, -0.2) is 33.0 Å². The Morgan fingerprint density at radius 2 is 2.06 bits per heavy atom. The molecule has 0 radical (unpaired) electrons. The summed E-state index contributed by atoms with van der Waals surface area (Å²) in [6, 6.07) is 15.5. The standard InChI is InChI=1S/C23H21ClN4OS2/c1-4-12-28-14(2)19(20(25-23(28)30)16-6-5-7-17(24)13-16)22-26-21(27-29-22)15-8-10-18(31-3)11-9-15/h4-11,13,20H,1,12H2,2-3H3,(H,25,30). The van der Waals surface area contributed by atoms with E-state index in [0.29, 0.717) is 28.4 Å². The van der Waals surface area contributed by atoms with E-state index in [9.17, 15) is 0 Å². The van der Waals surface area contributed by atoms with Crippen LogP contribution in [0.4, 0.5) is 0 Å². The van der Waals surface area contributed by atoms with E-state index in [-0.39, 0.29) is 6.04 Å². The Balaban J connectivity index is 1.80. The fraction of sp³-hybridized carbons (Fsp3) is 0.174. The maximum Gasteiger partial charge on any atom is 0.258 e. The van der Waals surface area contributed by atoms with Gasteiger partial charge < -0.3 is 14.7 Å². The zero-order valence-electron chi connectivity index (χ0n) is 17.1. The highest BCUT2D eigenvalue weighted by Gasteiger charge is 2.33. The minimum Gasteiger partial charge on any atom is -0.351 e. The predicted molar refractivity (Wildman–Crippen MR) is 131 cm³/mol. The number of benzene rings is 2. The second-order valence-electron chi connectivity index (χ2n) is 6.99. The number of hydrogen-bond donors (Lipinski definition) is 1. The second kappa shape index (κ2) is 9.26. The first-order valence-electron chi connectivity index (χ1n) is 9.65. The Labute approximate surface area is 196 Å². The summed E-state index contributed by atoms with van der Waals surface area (Å²) in [7, 11) is 0. The van der Waals surface area contributed by atoms with Crippen LogP contribution >= 0.6 is 35.6 Å². The van der Waals surface area contributed by atoms with Crippen molar-refractivity contribution in [2.45, 2.75) is 17.9 Å². The highest BCUT2D eigenvalue weighted by Crippen LogP contribution is 2.38. The normalized spacial score (nSPS) is 16.4. The molecule has 5 nitrogen and oxygen atoms in total. The molecule has 0 spiro atoms. The quantitative estimate of drug-likeness (QED) is 0.272. The average Bonchev–Trinajstić information content (AvgIpc) is 3.26. The molecule has 1 atom stereocenters. The number of thioether (sulfide) groups is 1. The lowest BCUT2D eigenvalue weighted by Gasteiger charge is -2.36. The van der Waals surface area contributed by atoms with Crippen LogP contribution in [0.3, 0.4) is 0 Å². The molecule has 1 unspecified atom stereocenters. The van der Waals surface area contributed by atoms with Gasteiger partial charge in [0.05, 0.1) is 11.6 Å². The first kappa shape index (κ1) is 21.6. The molecule has 0 saturated carbocycles. The van der Waals surface area contributed by atoms with E-state index in [1.54, 1.807) is 17.8 Å². The van der Waals surface area contributed by atoms with Gasteiger partial charge in [-0.15, -0.1) is 18.3 Å². The summed E-state index contributed by atoms with van der Waals surface area (Å²) in [6.45, 7) is 6.42. The zero-order chi connectivity index (χ0) is 22.0. The van der Waals surface area contributed by atoms with E-state index in [2.05, 4.69) is 17.1 Å². The highest BCUT2D eigenvalue weighted by atomic mass is 35.5. The molecular formula is C23H21ClN4OS2. The van der Waals surface area contributed by atoms with Crippen molar-refractivity contribution >= 4 is 46.3 Å². The molecule has 4 rings (SSSR count).